The van der Waals surface area contributed by atoms with Crippen molar-refractivity contribution in [2.24, 2.45) is 10.2 Å². The minimum Gasteiger partial charge on any atom is -0.359 e. The molecule has 0 bridgehead atoms. The van der Waals surface area contributed by atoms with E-state index in [1.54, 1.807) is 6.21 Å². The minimum absolute atomic E-state index is 0.475. The third-order valence-corrected chi connectivity index (χ3v) is 5.34. The van der Waals surface area contributed by atoms with Gasteiger partial charge in [-0.3, -0.25) is 10.9 Å². The molecule has 26 heavy (non-hydrogen) atoms. The number of hydrogen-bond donors (Lipinski definition) is 4. The van der Waals surface area contributed by atoms with E-state index in [9.17, 15) is 0 Å². The molecular weight excluding hydrogens is 364 g/mol. The molecular formula is C18H32N6S2. The zero-order valence-corrected chi connectivity index (χ0v) is 17.4. The summed E-state index contributed by atoms with van der Waals surface area (Å²) >= 11 is 10.6. The van der Waals surface area contributed by atoms with Crippen molar-refractivity contribution in [3.05, 3.63) is 0 Å². The molecule has 0 spiro atoms. The number of hydrogen-bond acceptors (Lipinski definition) is 4. The van der Waals surface area contributed by atoms with Gasteiger partial charge in [0.1, 0.15) is 0 Å². The first kappa shape index (κ1) is 21.0. The molecule has 2 aliphatic carbocycles. The van der Waals surface area contributed by atoms with Crippen LogP contribution < -0.4 is 21.5 Å². The Hall–Kier alpha value is -1.28. The summed E-state index contributed by atoms with van der Waals surface area (Å²) in [5.41, 5.74) is 6.62. The van der Waals surface area contributed by atoms with Crippen molar-refractivity contribution in [2.75, 3.05) is 0 Å². The van der Waals surface area contributed by atoms with Crippen LogP contribution in [0.1, 0.15) is 77.6 Å². The summed E-state index contributed by atoms with van der Waals surface area (Å²) in [6.07, 6.45) is 14.9. The molecule has 2 saturated carbocycles. The van der Waals surface area contributed by atoms with Crippen molar-refractivity contribution < 1.29 is 0 Å². The molecule has 2 aliphatic rings. The molecule has 2 fully saturated rings. The van der Waals surface area contributed by atoms with Crippen LogP contribution in [0, 0.1) is 0 Å². The molecule has 0 aromatic heterocycles. The molecule has 0 unspecified atom stereocenters. The molecule has 0 aromatic rings. The molecule has 2 rings (SSSR count). The van der Waals surface area contributed by atoms with Crippen molar-refractivity contribution in [1.82, 2.24) is 21.5 Å². The average molecular weight is 397 g/mol. The van der Waals surface area contributed by atoms with E-state index in [0.717, 1.165) is 12.1 Å². The van der Waals surface area contributed by atoms with Crippen molar-refractivity contribution in [1.29, 1.82) is 0 Å². The zero-order valence-electron chi connectivity index (χ0n) is 15.7. The fourth-order valence-electron chi connectivity index (χ4n) is 3.42. The third-order valence-electron chi connectivity index (χ3n) is 4.92. The first-order chi connectivity index (χ1) is 12.7. The van der Waals surface area contributed by atoms with Crippen LogP contribution in [0.15, 0.2) is 10.2 Å². The maximum absolute atomic E-state index is 5.33. The molecule has 6 nitrogen and oxygen atoms in total. The zero-order chi connectivity index (χ0) is 18.6. The Labute approximate surface area is 168 Å². The Morgan fingerprint density at radius 3 is 1.85 bits per heavy atom. The molecule has 0 heterocycles. The largest absolute Gasteiger partial charge is 0.359 e. The van der Waals surface area contributed by atoms with Crippen molar-refractivity contribution >= 4 is 46.6 Å². The number of hydrazone groups is 2. The number of rotatable bonds is 6. The molecule has 0 atom stereocenters. The van der Waals surface area contributed by atoms with E-state index < -0.39 is 0 Å². The molecule has 0 saturated heterocycles. The van der Waals surface area contributed by atoms with Gasteiger partial charge < -0.3 is 10.6 Å². The molecule has 0 aromatic carbocycles. The minimum atomic E-state index is 0.475. The number of nitrogens with one attached hydrogen (secondary N) is 4. The second-order valence-electron chi connectivity index (χ2n) is 7.06. The molecule has 146 valence electrons. The maximum atomic E-state index is 5.33. The number of nitrogens with zero attached hydrogens (tertiary/aromatic N) is 2. The van der Waals surface area contributed by atoms with Crippen LogP contribution in [0.2, 0.25) is 0 Å². The van der Waals surface area contributed by atoms with Crippen molar-refractivity contribution in [3.8, 4) is 0 Å². The molecule has 0 amide bonds. The molecule has 0 aliphatic heterocycles. The lowest BCUT2D eigenvalue weighted by atomic mass is 9.96. The fraction of sp³-hybridized carbons (Fsp3) is 0.778. The van der Waals surface area contributed by atoms with Crippen LogP contribution >= 0.6 is 24.4 Å². The van der Waals surface area contributed by atoms with Gasteiger partial charge in [0.05, 0.1) is 11.9 Å². The van der Waals surface area contributed by atoms with Gasteiger partial charge in [-0.1, -0.05) is 45.4 Å². The lowest BCUT2D eigenvalue weighted by Crippen LogP contribution is -2.41. The van der Waals surface area contributed by atoms with Gasteiger partial charge in [0, 0.05) is 12.1 Å². The summed E-state index contributed by atoms with van der Waals surface area (Å²) < 4.78 is 0. The average Bonchev–Trinajstić information content (AvgIpc) is 2.66. The van der Waals surface area contributed by atoms with Crippen molar-refractivity contribution in [2.45, 2.75) is 89.6 Å². The second kappa shape index (κ2) is 12.2. The molecule has 8 heteroatoms. The molecule has 0 radical (unpaired) electrons. The highest BCUT2D eigenvalue weighted by molar-refractivity contribution is 7.80. The van der Waals surface area contributed by atoms with Crippen LogP contribution in [0.4, 0.5) is 0 Å². The van der Waals surface area contributed by atoms with Gasteiger partial charge in [0.15, 0.2) is 10.2 Å². The topological polar surface area (TPSA) is 72.8 Å². The van der Waals surface area contributed by atoms with E-state index in [-0.39, 0.29) is 0 Å². The van der Waals surface area contributed by atoms with Crippen LogP contribution in [-0.4, -0.2) is 34.2 Å². The highest BCUT2D eigenvalue weighted by atomic mass is 32.1. The summed E-state index contributed by atoms with van der Waals surface area (Å²) in [6, 6.07) is 0.950. The van der Waals surface area contributed by atoms with E-state index in [4.69, 9.17) is 24.4 Å². The van der Waals surface area contributed by atoms with Crippen LogP contribution in [0.25, 0.3) is 0 Å². The van der Waals surface area contributed by atoms with E-state index in [1.165, 1.54) is 64.2 Å². The van der Waals surface area contributed by atoms with Gasteiger partial charge in [0.2, 0.25) is 0 Å². The Bertz CT molecular complexity index is 508. The summed E-state index contributed by atoms with van der Waals surface area (Å²) in [5, 5.41) is 16.3. The summed E-state index contributed by atoms with van der Waals surface area (Å²) in [7, 11) is 0. The van der Waals surface area contributed by atoms with Gasteiger partial charge >= 0.3 is 0 Å². The third kappa shape index (κ3) is 8.40. The summed E-state index contributed by atoms with van der Waals surface area (Å²) in [5.74, 6) is 0. The van der Waals surface area contributed by atoms with E-state index in [0.29, 0.717) is 22.3 Å². The first-order valence-electron chi connectivity index (χ1n) is 9.90. The Balaban J connectivity index is 1.68. The Morgan fingerprint density at radius 2 is 1.35 bits per heavy atom. The van der Waals surface area contributed by atoms with Crippen LogP contribution in [-0.2, 0) is 0 Å². The van der Waals surface area contributed by atoms with E-state index in [2.05, 4.69) is 31.7 Å². The Kier molecular flexibility index (Phi) is 9.84. The smallest absolute Gasteiger partial charge is 0.187 e. The second-order valence-corrected chi connectivity index (χ2v) is 7.87. The lowest BCUT2D eigenvalue weighted by Gasteiger charge is -2.23. The monoisotopic (exact) mass is 396 g/mol. The Morgan fingerprint density at radius 1 is 0.846 bits per heavy atom. The predicted molar refractivity (Wildman–Crippen MR) is 118 cm³/mol. The quantitative estimate of drug-likeness (QED) is 0.314. The van der Waals surface area contributed by atoms with Gasteiger partial charge in [-0.05, 0) is 56.5 Å². The van der Waals surface area contributed by atoms with Crippen LogP contribution in [0.3, 0.4) is 0 Å². The lowest BCUT2D eigenvalue weighted by molar-refractivity contribution is 0.412. The van der Waals surface area contributed by atoms with Gasteiger partial charge in [-0.25, -0.2) is 0 Å². The van der Waals surface area contributed by atoms with Gasteiger partial charge in [-0.15, -0.1) is 0 Å². The summed E-state index contributed by atoms with van der Waals surface area (Å²) in [6.45, 7) is 2.03. The fourth-order valence-corrected chi connectivity index (χ4v) is 3.85. The normalized spacial score (nSPS) is 20.0. The SMILES string of the molecule is CCC(/C=N/NC(=S)NC1CCCCC1)=N\NC(=S)NC1CCCCC1. The highest BCUT2D eigenvalue weighted by Crippen LogP contribution is 2.17. The predicted octanol–water partition coefficient (Wildman–Crippen LogP) is 3.33. The van der Waals surface area contributed by atoms with Crippen molar-refractivity contribution in [3.63, 3.8) is 0 Å². The van der Waals surface area contributed by atoms with Gasteiger partial charge in [0.25, 0.3) is 0 Å². The van der Waals surface area contributed by atoms with Gasteiger partial charge in [-0.2, -0.15) is 10.2 Å². The highest BCUT2D eigenvalue weighted by Gasteiger charge is 2.14. The molecule has 4 N–H and O–H groups in total. The number of thiocarbonyl (C=S) groups is 2. The van der Waals surface area contributed by atoms with E-state index >= 15 is 0 Å². The van der Waals surface area contributed by atoms with E-state index in [1.807, 2.05) is 6.92 Å². The van der Waals surface area contributed by atoms with Crippen LogP contribution in [0.5, 0.6) is 0 Å². The standard InChI is InChI=1S/C18H32N6S2/c1-2-14(22-24-18(26)21-16-11-7-4-8-12-16)13-19-23-17(25)20-15-9-5-3-6-10-15/h13,15-16H,2-12H2,1H3,(H2,20,23,25)(H2,21,24,26)/b19-13+,22-14+. The maximum Gasteiger partial charge on any atom is 0.187 e. The first-order valence-corrected chi connectivity index (χ1v) is 10.7. The summed E-state index contributed by atoms with van der Waals surface area (Å²) in [4.78, 5) is 0.